The Labute approximate surface area is 169 Å². The van der Waals surface area contributed by atoms with Crippen molar-refractivity contribution in [3.8, 4) is 5.82 Å². The Morgan fingerprint density at radius 3 is 2.37 bits per heavy atom. The second-order valence-electron chi connectivity index (χ2n) is 6.67. The van der Waals surface area contributed by atoms with Gasteiger partial charge in [0, 0.05) is 30.4 Å². The van der Waals surface area contributed by atoms with Crippen molar-refractivity contribution in [1.82, 2.24) is 19.3 Å². The van der Waals surface area contributed by atoms with Gasteiger partial charge in [0.2, 0.25) is 20.0 Å². The van der Waals surface area contributed by atoms with Crippen molar-refractivity contribution in [2.45, 2.75) is 18.3 Å². The van der Waals surface area contributed by atoms with Crippen LogP contribution in [0.4, 0.5) is 13.2 Å². The van der Waals surface area contributed by atoms with Crippen LogP contribution in [-0.4, -0.2) is 41.9 Å². The fourth-order valence-corrected chi connectivity index (χ4v) is 5.75. The molecule has 0 aliphatic heterocycles. The Kier molecular flexibility index (Phi) is 5.21. The van der Waals surface area contributed by atoms with E-state index in [4.69, 9.17) is 10.3 Å². The molecule has 0 radical (unpaired) electrons. The van der Waals surface area contributed by atoms with E-state index in [0.29, 0.717) is 6.20 Å². The van der Waals surface area contributed by atoms with Crippen LogP contribution in [0.25, 0.3) is 16.9 Å². The molecule has 15 heteroatoms. The number of alkyl halides is 3. The first-order valence-corrected chi connectivity index (χ1v) is 11.5. The summed E-state index contributed by atoms with van der Waals surface area (Å²) in [5.41, 5.74) is -0.765. The Morgan fingerprint density at radius 2 is 1.83 bits per heavy atom. The molecule has 0 aliphatic carbocycles. The maximum absolute atomic E-state index is 13.0. The molecular weight excluding hydrogens is 449 g/mol. The van der Waals surface area contributed by atoms with Gasteiger partial charge < -0.3 is 0 Å². The molecule has 10 nitrogen and oxygen atoms in total. The summed E-state index contributed by atoms with van der Waals surface area (Å²) in [6, 6.07) is 2.25. The molecule has 0 saturated heterocycles. The van der Waals surface area contributed by atoms with Gasteiger partial charge in [-0.3, -0.25) is 9.25 Å². The Balaban J connectivity index is 2.28. The maximum Gasteiger partial charge on any atom is 0.417 e. The lowest BCUT2D eigenvalue weighted by molar-refractivity contribution is -0.137. The monoisotopic (exact) mass is 466 g/mol. The third-order valence-corrected chi connectivity index (χ3v) is 6.63. The number of pyridine rings is 1. The van der Waals surface area contributed by atoms with E-state index >= 15 is 0 Å². The molecule has 0 aliphatic rings. The fraction of sp³-hybridized carbons (Fsp3) is 0.333. The number of halogens is 3. The number of fused-ring (bicyclic) bond motifs is 1. The van der Waals surface area contributed by atoms with E-state index in [2.05, 4.69) is 10.1 Å². The summed E-state index contributed by atoms with van der Waals surface area (Å²) in [6.07, 6.45) is -2.58. The van der Waals surface area contributed by atoms with Crippen molar-refractivity contribution in [2.75, 3.05) is 5.75 Å². The summed E-state index contributed by atoms with van der Waals surface area (Å²) in [7, 11) is -7.25. The second-order valence-corrected chi connectivity index (χ2v) is 10.1. The van der Waals surface area contributed by atoms with Crippen LogP contribution < -0.4 is 10.3 Å². The number of rotatable bonds is 5. The molecule has 1 atom stereocenters. The van der Waals surface area contributed by atoms with Gasteiger partial charge in [0.25, 0.3) is 0 Å². The van der Waals surface area contributed by atoms with Crippen LogP contribution in [-0.2, 0) is 33.3 Å². The maximum atomic E-state index is 13.0. The van der Waals surface area contributed by atoms with Gasteiger partial charge in [-0.05, 0) is 19.1 Å². The lowest BCUT2D eigenvalue weighted by Gasteiger charge is -2.17. The number of aryl methyl sites for hydroxylation is 2. The summed E-state index contributed by atoms with van der Waals surface area (Å²) in [6.45, 7) is 1.45. The van der Waals surface area contributed by atoms with Crippen molar-refractivity contribution in [3.05, 3.63) is 41.3 Å². The highest BCUT2D eigenvalue weighted by atomic mass is 32.2. The third kappa shape index (κ3) is 4.19. The van der Waals surface area contributed by atoms with Crippen LogP contribution in [0.15, 0.2) is 24.5 Å². The molecular formula is C15H17F3N6O4S2. The first-order chi connectivity index (χ1) is 13.6. The molecule has 3 aromatic heterocycles. The molecule has 0 amide bonds. The van der Waals surface area contributed by atoms with Crippen LogP contribution in [0, 0.1) is 6.92 Å². The fourth-order valence-electron chi connectivity index (χ4n) is 3.23. The number of hydrogen-bond donors (Lipinski definition) is 2. The molecule has 3 aromatic rings. The number of primary sulfonamides is 2. The minimum atomic E-state index is -4.59. The summed E-state index contributed by atoms with van der Waals surface area (Å²) in [5, 5.41) is 12.8. The minimum absolute atomic E-state index is 0.0479. The predicted octanol–water partition coefficient (Wildman–Crippen LogP) is 0.704. The van der Waals surface area contributed by atoms with E-state index < -0.39 is 42.8 Å². The molecule has 4 N–H and O–H groups in total. The van der Waals surface area contributed by atoms with Gasteiger partial charge in [-0.1, -0.05) is 0 Å². The Morgan fingerprint density at radius 1 is 1.20 bits per heavy atom. The van der Waals surface area contributed by atoms with Gasteiger partial charge in [0.15, 0.2) is 0 Å². The normalized spacial score (nSPS) is 14.4. The number of sulfonamides is 2. The average molecular weight is 466 g/mol. The summed E-state index contributed by atoms with van der Waals surface area (Å²) < 4.78 is 89.1. The quantitative estimate of drug-likeness (QED) is 0.564. The van der Waals surface area contributed by atoms with Gasteiger partial charge in [-0.15, -0.1) is 0 Å². The molecule has 3 rings (SSSR count). The zero-order valence-electron chi connectivity index (χ0n) is 15.6. The second kappa shape index (κ2) is 7.04. The van der Waals surface area contributed by atoms with Crippen LogP contribution in [0.3, 0.4) is 0 Å². The van der Waals surface area contributed by atoms with E-state index in [1.165, 1.54) is 35.5 Å². The highest BCUT2D eigenvalue weighted by molar-refractivity contribution is 7.93. The topological polar surface area (TPSA) is 156 Å². The molecule has 0 aromatic carbocycles. The molecule has 0 bridgehead atoms. The number of hydrogen-bond acceptors (Lipinski definition) is 6. The van der Waals surface area contributed by atoms with Gasteiger partial charge in [0.05, 0.1) is 17.0 Å². The Bertz CT molecular complexity index is 1340. The lowest BCUT2D eigenvalue weighted by Crippen LogP contribution is -2.32. The van der Waals surface area contributed by atoms with Gasteiger partial charge in [-0.25, -0.2) is 32.1 Å². The van der Waals surface area contributed by atoms with Crippen molar-refractivity contribution in [2.24, 2.45) is 17.3 Å². The minimum Gasteiger partial charge on any atom is -0.285 e. The molecule has 0 saturated carbocycles. The highest BCUT2D eigenvalue weighted by Gasteiger charge is 2.35. The van der Waals surface area contributed by atoms with E-state index in [1.807, 2.05) is 0 Å². The average Bonchev–Trinajstić information content (AvgIpc) is 3.09. The van der Waals surface area contributed by atoms with Gasteiger partial charge in [0.1, 0.15) is 16.7 Å². The smallest absolute Gasteiger partial charge is 0.285 e. The molecule has 30 heavy (non-hydrogen) atoms. The number of aromatic nitrogens is 4. The van der Waals surface area contributed by atoms with Crippen LogP contribution in [0.2, 0.25) is 0 Å². The van der Waals surface area contributed by atoms with Crippen LogP contribution in [0.5, 0.6) is 0 Å². The summed E-state index contributed by atoms with van der Waals surface area (Å²) >= 11 is 0. The molecule has 164 valence electrons. The SMILES string of the molecule is Cc1nn(C)c(-n2ccc3cc(C(F)(F)F)cnc32)c1C(CS(N)(=O)=O)S(N)(=O)=O. The standard InChI is InChI=1S/C15H17F3N6O4S2/c1-8-12(11(30(20,27)28)7-29(19,25)26)14(23(2)22-8)24-4-3-9-5-10(15(16,17)18)6-21-13(9)24/h3-6,11H,7H2,1-2H3,(H2,19,25,26)(H2,20,27,28). The van der Waals surface area contributed by atoms with E-state index in [1.54, 1.807) is 0 Å². The van der Waals surface area contributed by atoms with E-state index in [-0.39, 0.29) is 28.1 Å². The van der Waals surface area contributed by atoms with E-state index in [9.17, 15) is 30.0 Å². The predicted molar refractivity (Wildman–Crippen MR) is 101 cm³/mol. The first kappa shape index (κ1) is 22.2. The Hall–Kier alpha value is -2.49. The third-order valence-electron chi connectivity index (χ3n) is 4.42. The van der Waals surface area contributed by atoms with Gasteiger partial charge >= 0.3 is 6.18 Å². The van der Waals surface area contributed by atoms with Crippen molar-refractivity contribution in [3.63, 3.8) is 0 Å². The molecule has 0 fully saturated rings. The van der Waals surface area contributed by atoms with Crippen LogP contribution in [0.1, 0.15) is 22.1 Å². The molecule has 1 unspecified atom stereocenters. The largest absolute Gasteiger partial charge is 0.417 e. The first-order valence-electron chi connectivity index (χ1n) is 8.20. The van der Waals surface area contributed by atoms with E-state index in [0.717, 1.165) is 6.07 Å². The number of nitrogens with two attached hydrogens (primary N) is 2. The van der Waals surface area contributed by atoms with Gasteiger partial charge in [-0.2, -0.15) is 18.3 Å². The zero-order chi connectivity index (χ0) is 22.6. The van der Waals surface area contributed by atoms with Crippen molar-refractivity contribution in [1.29, 1.82) is 0 Å². The lowest BCUT2D eigenvalue weighted by atomic mass is 10.2. The molecule has 0 spiro atoms. The molecule has 3 heterocycles. The van der Waals surface area contributed by atoms with Crippen molar-refractivity contribution >= 4 is 31.1 Å². The van der Waals surface area contributed by atoms with Crippen LogP contribution >= 0.6 is 0 Å². The van der Waals surface area contributed by atoms with Crippen molar-refractivity contribution < 1.29 is 30.0 Å². The number of nitrogens with zero attached hydrogens (tertiary/aromatic N) is 4. The highest BCUT2D eigenvalue weighted by Crippen LogP contribution is 2.34. The summed E-state index contributed by atoms with van der Waals surface area (Å²) in [4.78, 5) is 3.85. The summed E-state index contributed by atoms with van der Waals surface area (Å²) in [5.74, 6) is -0.923. The zero-order valence-corrected chi connectivity index (χ0v) is 17.3.